The number of hydrogen-bond donors (Lipinski definition) is 2. The molecular formula is C16H24N2O4S. The van der Waals surface area contributed by atoms with Crippen molar-refractivity contribution in [2.24, 2.45) is 5.92 Å². The van der Waals surface area contributed by atoms with Crippen molar-refractivity contribution in [1.29, 1.82) is 0 Å². The fraction of sp³-hybridized carbons (Fsp3) is 0.688. The van der Waals surface area contributed by atoms with E-state index in [4.69, 9.17) is 4.42 Å². The maximum atomic E-state index is 12.0. The van der Waals surface area contributed by atoms with Gasteiger partial charge in [-0.3, -0.25) is 4.79 Å². The van der Waals surface area contributed by atoms with E-state index in [0.29, 0.717) is 12.5 Å². The number of sulfonamides is 1. The van der Waals surface area contributed by atoms with Gasteiger partial charge in [0, 0.05) is 12.6 Å². The van der Waals surface area contributed by atoms with Gasteiger partial charge in [-0.1, -0.05) is 32.1 Å². The van der Waals surface area contributed by atoms with Gasteiger partial charge in [-0.15, -0.1) is 0 Å². The maximum Gasteiger partial charge on any atom is 0.287 e. The molecule has 23 heavy (non-hydrogen) atoms. The highest BCUT2D eigenvalue weighted by molar-refractivity contribution is 7.89. The highest BCUT2D eigenvalue weighted by atomic mass is 32.2. The highest BCUT2D eigenvalue weighted by Gasteiger charge is 2.30. The predicted molar refractivity (Wildman–Crippen MR) is 85.6 cm³/mol. The van der Waals surface area contributed by atoms with Gasteiger partial charge in [0.05, 0.1) is 0 Å². The molecule has 0 radical (unpaired) electrons. The summed E-state index contributed by atoms with van der Waals surface area (Å²) in [7, 11) is -3.64. The average molecular weight is 340 g/mol. The Kier molecular flexibility index (Phi) is 5.06. The van der Waals surface area contributed by atoms with Crippen LogP contribution in [0.2, 0.25) is 0 Å². The first-order valence-electron chi connectivity index (χ1n) is 8.45. The van der Waals surface area contributed by atoms with Crippen LogP contribution in [0, 0.1) is 5.92 Å². The number of rotatable bonds is 7. The van der Waals surface area contributed by atoms with Crippen molar-refractivity contribution in [2.45, 2.75) is 62.5 Å². The lowest BCUT2D eigenvalue weighted by Crippen LogP contribution is -2.26. The normalized spacial score (nSPS) is 19.7. The van der Waals surface area contributed by atoms with Crippen molar-refractivity contribution < 1.29 is 17.6 Å². The topological polar surface area (TPSA) is 88.4 Å². The second-order valence-electron chi connectivity index (χ2n) is 6.56. The standard InChI is InChI=1S/C16H24N2O4S/c19-16(17-11-10-12-4-2-1-3-5-12)14-8-9-15(22-14)23(20,21)18-13-6-7-13/h8-9,12-13,18H,1-7,10-11H2,(H,17,19). The summed E-state index contributed by atoms with van der Waals surface area (Å²) in [6.45, 7) is 0.604. The highest BCUT2D eigenvalue weighted by Crippen LogP contribution is 2.26. The zero-order chi connectivity index (χ0) is 16.3. The van der Waals surface area contributed by atoms with Gasteiger partial charge >= 0.3 is 0 Å². The summed E-state index contributed by atoms with van der Waals surface area (Å²) < 4.78 is 31.8. The second kappa shape index (κ2) is 7.05. The first-order chi connectivity index (χ1) is 11.0. The molecule has 2 aliphatic carbocycles. The lowest BCUT2D eigenvalue weighted by Gasteiger charge is -2.21. The Bertz CT molecular complexity index is 643. The molecule has 2 aliphatic rings. The van der Waals surface area contributed by atoms with Crippen molar-refractivity contribution in [2.75, 3.05) is 6.54 Å². The van der Waals surface area contributed by atoms with Crippen LogP contribution in [0.15, 0.2) is 21.6 Å². The zero-order valence-electron chi connectivity index (χ0n) is 13.2. The van der Waals surface area contributed by atoms with Crippen LogP contribution in [-0.4, -0.2) is 26.9 Å². The molecule has 1 amide bonds. The van der Waals surface area contributed by atoms with Gasteiger partial charge in [-0.25, -0.2) is 13.1 Å². The van der Waals surface area contributed by atoms with Crippen molar-refractivity contribution in [3.63, 3.8) is 0 Å². The Balaban J connectivity index is 1.49. The van der Waals surface area contributed by atoms with Crippen LogP contribution >= 0.6 is 0 Å². The van der Waals surface area contributed by atoms with Gasteiger partial charge in [0.2, 0.25) is 5.09 Å². The van der Waals surface area contributed by atoms with E-state index in [1.807, 2.05) is 0 Å². The van der Waals surface area contributed by atoms with Crippen LogP contribution in [0.25, 0.3) is 0 Å². The van der Waals surface area contributed by atoms with Crippen molar-refractivity contribution in [1.82, 2.24) is 10.0 Å². The molecule has 1 heterocycles. The van der Waals surface area contributed by atoms with Crippen LogP contribution < -0.4 is 10.0 Å². The number of carbonyl (C=O) groups excluding carboxylic acids is 1. The molecule has 0 aliphatic heterocycles. The summed E-state index contributed by atoms with van der Waals surface area (Å²) in [5.74, 6) is 0.387. The molecule has 0 spiro atoms. The summed E-state index contributed by atoms with van der Waals surface area (Å²) in [6, 6.07) is 2.76. The number of carbonyl (C=O) groups is 1. The Hall–Kier alpha value is -1.34. The molecule has 2 saturated carbocycles. The molecule has 7 heteroatoms. The van der Waals surface area contributed by atoms with Gasteiger partial charge in [-0.2, -0.15) is 0 Å². The third-order valence-electron chi connectivity index (χ3n) is 4.53. The zero-order valence-corrected chi connectivity index (χ0v) is 14.0. The molecule has 0 bridgehead atoms. The summed E-state index contributed by atoms with van der Waals surface area (Å²) in [5.41, 5.74) is 0. The van der Waals surface area contributed by atoms with Crippen molar-refractivity contribution in [3.05, 3.63) is 17.9 Å². The molecule has 2 N–H and O–H groups in total. The third-order valence-corrected chi connectivity index (χ3v) is 5.92. The van der Waals surface area contributed by atoms with E-state index in [1.54, 1.807) is 0 Å². The molecule has 2 fully saturated rings. The van der Waals surface area contributed by atoms with Crippen molar-refractivity contribution in [3.8, 4) is 0 Å². The van der Waals surface area contributed by atoms with Crippen LogP contribution in [-0.2, 0) is 10.0 Å². The minimum absolute atomic E-state index is 0.0119. The molecule has 1 aromatic heterocycles. The minimum Gasteiger partial charge on any atom is -0.438 e. The Morgan fingerprint density at radius 1 is 1.13 bits per heavy atom. The fourth-order valence-corrected chi connectivity index (χ4v) is 4.26. The van der Waals surface area contributed by atoms with E-state index in [1.165, 1.54) is 44.2 Å². The molecule has 128 valence electrons. The quantitative estimate of drug-likeness (QED) is 0.798. The largest absolute Gasteiger partial charge is 0.438 e. The summed E-state index contributed by atoms with van der Waals surface area (Å²) >= 11 is 0. The molecule has 1 aromatic rings. The minimum atomic E-state index is -3.64. The molecule has 0 atom stereocenters. The maximum absolute atomic E-state index is 12.0. The Labute approximate surface area is 137 Å². The van der Waals surface area contributed by atoms with Crippen LogP contribution in [0.4, 0.5) is 0 Å². The van der Waals surface area contributed by atoms with E-state index in [9.17, 15) is 13.2 Å². The lowest BCUT2D eigenvalue weighted by atomic mass is 9.87. The molecular weight excluding hydrogens is 316 g/mol. The van der Waals surface area contributed by atoms with E-state index in [2.05, 4.69) is 10.0 Å². The van der Waals surface area contributed by atoms with Crippen LogP contribution in [0.3, 0.4) is 0 Å². The van der Waals surface area contributed by atoms with Gasteiger partial charge < -0.3 is 9.73 Å². The SMILES string of the molecule is O=C(NCCC1CCCCC1)c1ccc(S(=O)(=O)NC2CC2)o1. The Morgan fingerprint density at radius 2 is 1.87 bits per heavy atom. The number of nitrogens with one attached hydrogen (secondary N) is 2. The fourth-order valence-electron chi connectivity index (χ4n) is 3.02. The molecule has 0 unspecified atom stereocenters. The molecule has 6 nitrogen and oxygen atoms in total. The van der Waals surface area contributed by atoms with Crippen LogP contribution in [0.1, 0.15) is 61.9 Å². The number of hydrogen-bond acceptors (Lipinski definition) is 4. The summed E-state index contributed by atoms with van der Waals surface area (Å²) in [6.07, 6.45) is 9.06. The Morgan fingerprint density at radius 3 is 2.57 bits per heavy atom. The van der Waals surface area contributed by atoms with E-state index >= 15 is 0 Å². The summed E-state index contributed by atoms with van der Waals surface area (Å²) in [4.78, 5) is 12.0. The van der Waals surface area contributed by atoms with Gasteiger partial charge in [0.1, 0.15) is 0 Å². The number of furan rings is 1. The smallest absolute Gasteiger partial charge is 0.287 e. The van der Waals surface area contributed by atoms with Gasteiger partial charge in [0.15, 0.2) is 5.76 Å². The molecule has 0 aromatic carbocycles. The van der Waals surface area contributed by atoms with Crippen molar-refractivity contribution >= 4 is 15.9 Å². The number of amides is 1. The average Bonchev–Trinajstić information content (AvgIpc) is 3.18. The molecule has 0 saturated heterocycles. The monoisotopic (exact) mass is 340 g/mol. The lowest BCUT2D eigenvalue weighted by molar-refractivity contribution is 0.0917. The van der Waals surface area contributed by atoms with Gasteiger partial charge in [0.25, 0.3) is 15.9 Å². The van der Waals surface area contributed by atoms with E-state index < -0.39 is 10.0 Å². The van der Waals surface area contributed by atoms with E-state index in [0.717, 1.165) is 19.3 Å². The van der Waals surface area contributed by atoms with Crippen LogP contribution in [0.5, 0.6) is 0 Å². The van der Waals surface area contributed by atoms with Gasteiger partial charge in [-0.05, 0) is 37.3 Å². The summed E-state index contributed by atoms with van der Waals surface area (Å²) in [5, 5.41) is 2.62. The predicted octanol–water partition coefficient (Wildman–Crippen LogP) is 2.42. The first-order valence-corrected chi connectivity index (χ1v) is 9.93. The molecule has 3 rings (SSSR count). The van der Waals surface area contributed by atoms with E-state index in [-0.39, 0.29) is 22.8 Å². The first kappa shape index (κ1) is 16.5. The second-order valence-corrected chi connectivity index (χ2v) is 8.21. The third kappa shape index (κ3) is 4.57.